The first kappa shape index (κ1) is 29.0. The zero-order chi connectivity index (χ0) is 22.3. The highest BCUT2D eigenvalue weighted by Gasteiger charge is 2.30. The van der Waals surface area contributed by atoms with E-state index in [0.717, 1.165) is 0 Å². The van der Waals surface area contributed by atoms with Gasteiger partial charge in [0.25, 0.3) is 0 Å². The molecule has 0 aliphatic carbocycles. The molecule has 0 spiro atoms. The predicted octanol–water partition coefficient (Wildman–Crippen LogP) is 10.2. The van der Waals surface area contributed by atoms with Gasteiger partial charge >= 0.3 is 0 Å². The van der Waals surface area contributed by atoms with Crippen LogP contribution in [-0.2, 0) is 0 Å². The Labute approximate surface area is 198 Å². The summed E-state index contributed by atoms with van der Waals surface area (Å²) in [6.07, 6.45) is 35.4. The molecular weight excluding hydrogens is 374 g/mol. The van der Waals surface area contributed by atoms with Crippen LogP contribution in [0.1, 0.15) is 168 Å². The quantitative estimate of drug-likeness (QED) is 0.104. The Morgan fingerprint density at radius 2 is 0.613 bits per heavy atom. The lowest BCUT2D eigenvalue weighted by Gasteiger charge is -2.34. The number of rotatable bonds is 24. The Hall–Kier alpha value is -0.0400. The fraction of sp³-hybridized carbons (Fsp3) is 1.00. The molecule has 0 N–H and O–H groups in total. The summed E-state index contributed by atoms with van der Waals surface area (Å²) in [7, 11) is 0. The Morgan fingerprint density at radius 1 is 0.355 bits per heavy atom. The molecule has 0 aromatic carbocycles. The van der Waals surface area contributed by atoms with Gasteiger partial charge in [-0.2, -0.15) is 0 Å². The lowest BCUT2D eigenvalue weighted by Crippen LogP contribution is -2.46. The molecule has 1 aliphatic heterocycles. The van der Waals surface area contributed by atoms with Crippen LogP contribution in [0.2, 0.25) is 0 Å². The largest absolute Gasteiger partial charge is 0.324 e. The van der Waals surface area contributed by atoms with Crippen LogP contribution in [0.3, 0.4) is 0 Å². The van der Waals surface area contributed by atoms with E-state index >= 15 is 0 Å². The Kier molecular flexibility index (Phi) is 20.4. The molecule has 0 bridgehead atoms. The van der Waals surface area contributed by atoms with E-state index in [2.05, 4.69) is 13.8 Å². The smallest absolute Gasteiger partial charge is 0.0788 e. The van der Waals surface area contributed by atoms with Crippen LogP contribution in [-0.4, -0.2) is 30.7 Å². The highest BCUT2D eigenvalue weighted by atomic mass is 15.4. The van der Waals surface area contributed by atoms with Gasteiger partial charge in [0.05, 0.1) is 26.2 Å². The van der Waals surface area contributed by atoms with Crippen LogP contribution in [0, 0.1) is 0 Å². The third-order valence-electron chi connectivity index (χ3n) is 7.99. The average molecular weight is 437 g/mol. The van der Waals surface area contributed by atoms with Gasteiger partial charge in [0.1, 0.15) is 0 Å². The van der Waals surface area contributed by atoms with E-state index in [-0.39, 0.29) is 0 Å². The second kappa shape index (κ2) is 21.8. The van der Waals surface area contributed by atoms with Crippen molar-refractivity contribution in [1.29, 1.82) is 0 Å². The molecular formula is C30H62N+. The van der Waals surface area contributed by atoms with Gasteiger partial charge in [-0.05, 0) is 25.7 Å². The number of likely N-dealkylation sites (tertiary alicyclic amines) is 1. The molecule has 1 heteroatoms. The van der Waals surface area contributed by atoms with Crippen molar-refractivity contribution in [2.75, 3.05) is 26.2 Å². The molecule has 1 nitrogen and oxygen atoms in total. The number of quaternary nitrogens is 1. The summed E-state index contributed by atoms with van der Waals surface area (Å²) in [5.74, 6) is 0. The summed E-state index contributed by atoms with van der Waals surface area (Å²) in [4.78, 5) is 0. The normalized spacial score (nSPS) is 15.7. The van der Waals surface area contributed by atoms with Crippen molar-refractivity contribution in [3.63, 3.8) is 0 Å². The monoisotopic (exact) mass is 436 g/mol. The first-order valence-corrected chi connectivity index (χ1v) is 15.2. The maximum Gasteiger partial charge on any atom is 0.0788 e. The standard InChI is InChI=1S/C30H62N/c1-3-5-7-9-11-12-13-14-15-16-17-18-19-20-22-24-28-31(29-25-26-30-31)27-23-21-10-8-6-4-2/h3-30H2,1-2H3/q+1. The van der Waals surface area contributed by atoms with Crippen molar-refractivity contribution in [1.82, 2.24) is 0 Å². The van der Waals surface area contributed by atoms with Crippen molar-refractivity contribution in [3.8, 4) is 0 Å². The molecule has 0 amide bonds. The number of hydrogen-bond acceptors (Lipinski definition) is 0. The SMILES string of the molecule is CCCCCCCCCCCCCCCCCC[N+]1(CCCCCCCC)CCCC1. The van der Waals surface area contributed by atoms with Gasteiger partial charge in [0, 0.05) is 12.8 Å². The second-order valence-corrected chi connectivity index (χ2v) is 11.0. The number of nitrogens with zero attached hydrogens (tertiary/aromatic N) is 1. The van der Waals surface area contributed by atoms with Crippen LogP contribution < -0.4 is 0 Å². The lowest BCUT2D eigenvalue weighted by molar-refractivity contribution is -0.917. The van der Waals surface area contributed by atoms with Gasteiger partial charge in [-0.1, -0.05) is 129 Å². The van der Waals surface area contributed by atoms with E-state index in [1.54, 1.807) is 0 Å². The van der Waals surface area contributed by atoms with Gasteiger partial charge in [-0.3, -0.25) is 0 Å². The summed E-state index contributed by atoms with van der Waals surface area (Å²) < 4.78 is 1.49. The van der Waals surface area contributed by atoms with E-state index in [0.29, 0.717) is 0 Å². The van der Waals surface area contributed by atoms with Gasteiger partial charge < -0.3 is 4.48 Å². The number of hydrogen-bond donors (Lipinski definition) is 0. The summed E-state index contributed by atoms with van der Waals surface area (Å²) in [6.45, 7) is 10.6. The topological polar surface area (TPSA) is 0 Å². The van der Waals surface area contributed by atoms with E-state index < -0.39 is 0 Å². The first-order valence-electron chi connectivity index (χ1n) is 15.2. The molecule has 31 heavy (non-hydrogen) atoms. The molecule has 0 aromatic heterocycles. The minimum atomic E-state index is 1.37. The lowest BCUT2D eigenvalue weighted by atomic mass is 10.0. The average Bonchev–Trinajstić information content (AvgIpc) is 3.25. The summed E-state index contributed by atoms with van der Waals surface area (Å²) in [5, 5.41) is 0. The third kappa shape index (κ3) is 17.1. The summed E-state index contributed by atoms with van der Waals surface area (Å²) in [6, 6.07) is 0. The van der Waals surface area contributed by atoms with Crippen molar-refractivity contribution in [2.24, 2.45) is 0 Å². The maximum atomic E-state index is 2.32. The Bertz CT molecular complexity index is 344. The van der Waals surface area contributed by atoms with E-state index in [1.165, 1.54) is 185 Å². The molecule has 1 rings (SSSR count). The molecule has 1 aliphatic rings. The molecule has 1 heterocycles. The van der Waals surface area contributed by atoms with Crippen LogP contribution in [0.4, 0.5) is 0 Å². The van der Waals surface area contributed by atoms with Crippen molar-refractivity contribution >= 4 is 0 Å². The van der Waals surface area contributed by atoms with E-state index in [1.807, 2.05) is 0 Å². The van der Waals surface area contributed by atoms with Gasteiger partial charge in [0.15, 0.2) is 0 Å². The van der Waals surface area contributed by atoms with Crippen LogP contribution in [0.15, 0.2) is 0 Å². The molecule has 0 radical (unpaired) electrons. The highest BCUT2D eigenvalue weighted by Crippen LogP contribution is 2.23. The first-order chi connectivity index (χ1) is 15.3. The van der Waals surface area contributed by atoms with Gasteiger partial charge in [0.2, 0.25) is 0 Å². The second-order valence-electron chi connectivity index (χ2n) is 11.0. The molecule has 0 saturated carbocycles. The third-order valence-corrected chi connectivity index (χ3v) is 7.99. The summed E-state index contributed by atoms with van der Waals surface area (Å²) in [5.41, 5.74) is 0. The highest BCUT2D eigenvalue weighted by molar-refractivity contribution is 4.57. The van der Waals surface area contributed by atoms with Crippen LogP contribution >= 0.6 is 0 Å². The molecule has 0 atom stereocenters. The molecule has 0 aromatic rings. The summed E-state index contributed by atoms with van der Waals surface area (Å²) >= 11 is 0. The molecule has 1 fully saturated rings. The van der Waals surface area contributed by atoms with Gasteiger partial charge in [-0.15, -0.1) is 0 Å². The van der Waals surface area contributed by atoms with E-state index in [9.17, 15) is 0 Å². The minimum Gasteiger partial charge on any atom is -0.324 e. The Balaban J connectivity index is 1.86. The minimum absolute atomic E-state index is 1.37. The van der Waals surface area contributed by atoms with Crippen LogP contribution in [0.5, 0.6) is 0 Å². The fourth-order valence-corrected chi connectivity index (χ4v) is 5.79. The zero-order valence-corrected chi connectivity index (χ0v) is 22.2. The van der Waals surface area contributed by atoms with Crippen LogP contribution in [0.25, 0.3) is 0 Å². The molecule has 1 saturated heterocycles. The van der Waals surface area contributed by atoms with E-state index in [4.69, 9.17) is 0 Å². The fourth-order valence-electron chi connectivity index (χ4n) is 5.79. The van der Waals surface area contributed by atoms with Crippen molar-refractivity contribution in [2.45, 2.75) is 168 Å². The number of unbranched alkanes of at least 4 members (excludes halogenated alkanes) is 20. The zero-order valence-electron chi connectivity index (χ0n) is 22.2. The molecule has 186 valence electrons. The predicted molar refractivity (Wildman–Crippen MR) is 142 cm³/mol. The Morgan fingerprint density at radius 3 is 0.903 bits per heavy atom. The molecule has 0 unspecified atom stereocenters. The van der Waals surface area contributed by atoms with Crippen molar-refractivity contribution in [3.05, 3.63) is 0 Å². The van der Waals surface area contributed by atoms with Gasteiger partial charge in [-0.25, -0.2) is 0 Å². The van der Waals surface area contributed by atoms with Crippen molar-refractivity contribution < 1.29 is 4.48 Å². The maximum absolute atomic E-state index is 2.32.